The van der Waals surface area contributed by atoms with Gasteiger partial charge in [-0.05, 0) is 42.7 Å². The molecule has 1 N–H and O–H groups in total. The molecule has 1 aromatic heterocycles. The molecule has 1 saturated heterocycles. The second-order valence-corrected chi connectivity index (χ2v) is 10.0. The van der Waals surface area contributed by atoms with Gasteiger partial charge in [0.25, 0.3) is 10.0 Å². The van der Waals surface area contributed by atoms with Crippen LogP contribution in [0, 0.1) is 12.8 Å². The van der Waals surface area contributed by atoms with Gasteiger partial charge in [-0.25, -0.2) is 18.2 Å². The number of carbonyl (C=O) groups excluding carboxylic acids is 2. The Kier molecular flexibility index (Phi) is 6.22. The lowest BCUT2D eigenvalue weighted by atomic mass is 9.96. The van der Waals surface area contributed by atoms with Gasteiger partial charge in [0.2, 0.25) is 5.91 Å². The molecule has 0 aliphatic carbocycles. The fourth-order valence-corrected chi connectivity index (χ4v) is 5.49. The fourth-order valence-electron chi connectivity index (χ4n) is 4.00. The van der Waals surface area contributed by atoms with Crippen molar-refractivity contribution in [2.75, 3.05) is 25.5 Å². The molecule has 0 spiro atoms. The average molecular weight is 471 g/mol. The van der Waals surface area contributed by atoms with E-state index in [0.29, 0.717) is 24.4 Å². The molecule has 174 valence electrons. The fraction of sp³-hybridized carbons (Fsp3) is 0.348. The van der Waals surface area contributed by atoms with Gasteiger partial charge in [-0.2, -0.15) is 4.31 Å². The molecule has 1 fully saturated rings. The standard InChI is InChI=1S/C23H26N4O5S/c1-15-24-21(14-26(15)2)33(30,31)27-10-8-16(9-11-27)22(28)25-20-13-18-7-5-4-6-17(18)12-19(20)23(29)32-3/h4-7,12-14,16H,8-11H2,1-3H3,(H,25,28). The number of nitrogens with zero attached hydrogens (tertiary/aromatic N) is 3. The Morgan fingerprint density at radius 3 is 2.33 bits per heavy atom. The lowest BCUT2D eigenvalue weighted by Crippen LogP contribution is -2.41. The number of aryl methyl sites for hydroxylation is 2. The minimum atomic E-state index is -3.71. The number of methoxy groups -OCH3 is 1. The molecule has 0 unspecified atom stereocenters. The van der Waals surface area contributed by atoms with E-state index in [0.717, 1.165) is 10.8 Å². The van der Waals surface area contributed by atoms with Crippen molar-refractivity contribution in [3.8, 4) is 0 Å². The van der Waals surface area contributed by atoms with Crippen LogP contribution in [0.3, 0.4) is 0 Å². The van der Waals surface area contributed by atoms with Gasteiger partial charge in [-0.3, -0.25) is 4.79 Å². The van der Waals surface area contributed by atoms with Crippen molar-refractivity contribution in [2.24, 2.45) is 13.0 Å². The monoisotopic (exact) mass is 470 g/mol. The third-order valence-corrected chi connectivity index (χ3v) is 7.83. The van der Waals surface area contributed by atoms with Crippen LogP contribution in [-0.4, -0.2) is 54.3 Å². The average Bonchev–Trinajstić information content (AvgIpc) is 3.17. The smallest absolute Gasteiger partial charge is 0.339 e. The van der Waals surface area contributed by atoms with Gasteiger partial charge in [0, 0.05) is 32.3 Å². The van der Waals surface area contributed by atoms with Gasteiger partial charge in [0.05, 0.1) is 18.4 Å². The summed E-state index contributed by atoms with van der Waals surface area (Å²) in [5, 5.41) is 4.62. The normalized spacial score (nSPS) is 15.5. The van der Waals surface area contributed by atoms with E-state index in [-0.39, 0.29) is 35.5 Å². The Bertz CT molecular complexity index is 1300. The lowest BCUT2D eigenvalue weighted by Gasteiger charge is -2.30. The summed E-state index contributed by atoms with van der Waals surface area (Å²) >= 11 is 0. The van der Waals surface area contributed by atoms with Crippen molar-refractivity contribution in [2.45, 2.75) is 24.8 Å². The topological polar surface area (TPSA) is 111 Å². The van der Waals surface area contributed by atoms with E-state index in [1.807, 2.05) is 24.3 Å². The Labute approximate surface area is 192 Å². The van der Waals surface area contributed by atoms with Crippen molar-refractivity contribution in [1.82, 2.24) is 13.9 Å². The molecular weight excluding hydrogens is 444 g/mol. The highest BCUT2D eigenvalue weighted by atomic mass is 32.2. The van der Waals surface area contributed by atoms with Crippen LogP contribution in [-0.2, 0) is 26.6 Å². The van der Waals surface area contributed by atoms with Gasteiger partial charge in [0.1, 0.15) is 5.82 Å². The summed E-state index contributed by atoms with van der Waals surface area (Å²) in [6.45, 7) is 2.18. The summed E-state index contributed by atoms with van der Waals surface area (Å²) < 4.78 is 33.7. The summed E-state index contributed by atoms with van der Waals surface area (Å²) in [7, 11) is -0.672. The van der Waals surface area contributed by atoms with E-state index in [9.17, 15) is 18.0 Å². The molecule has 1 amide bonds. The zero-order valence-corrected chi connectivity index (χ0v) is 19.6. The Morgan fingerprint density at radius 2 is 1.76 bits per heavy atom. The number of hydrogen-bond acceptors (Lipinski definition) is 6. The number of sulfonamides is 1. The van der Waals surface area contributed by atoms with Crippen molar-refractivity contribution in [3.05, 3.63) is 54.0 Å². The molecule has 2 aromatic carbocycles. The zero-order chi connectivity index (χ0) is 23.8. The predicted octanol–water partition coefficient (Wildman–Crippen LogP) is 2.71. The third kappa shape index (κ3) is 4.49. The number of aromatic nitrogens is 2. The van der Waals surface area contributed by atoms with Crippen LogP contribution in [0.2, 0.25) is 0 Å². The molecule has 33 heavy (non-hydrogen) atoms. The van der Waals surface area contributed by atoms with E-state index in [1.165, 1.54) is 17.6 Å². The highest BCUT2D eigenvalue weighted by molar-refractivity contribution is 7.89. The third-order valence-electron chi connectivity index (χ3n) is 6.06. The Balaban J connectivity index is 1.48. The van der Waals surface area contributed by atoms with Gasteiger partial charge >= 0.3 is 5.97 Å². The summed E-state index contributed by atoms with van der Waals surface area (Å²) in [6, 6.07) is 11.0. The van der Waals surface area contributed by atoms with Gasteiger partial charge in [-0.15, -0.1) is 0 Å². The second kappa shape index (κ2) is 8.95. The number of ether oxygens (including phenoxy) is 1. The number of esters is 1. The molecule has 4 rings (SSSR count). The molecule has 1 aliphatic rings. The number of nitrogens with one attached hydrogen (secondary N) is 1. The number of anilines is 1. The van der Waals surface area contributed by atoms with Crippen molar-refractivity contribution < 1.29 is 22.7 Å². The number of carbonyl (C=O) groups is 2. The number of hydrogen-bond donors (Lipinski definition) is 1. The molecular formula is C23H26N4O5S. The SMILES string of the molecule is COC(=O)c1cc2ccccc2cc1NC(=O)C1CCN(S(=O)(=O)c2cn(C)c(C)n2)CC1. The first-order chi connectivity index (χ1) is 15.7. The molecule has 2 heterocycles. The van der Waals surface area contributed by atoms with Crippen LogP contribution in [0.25, 0.3) is 10.8 Å². The maximum atomic E-state index is 13.0. The molecule has 0 radical (unpaired) electrons. The number of benzene rings is 2. The first-order valence-electron chi connectivity index (χ1n) is 10.6. The Morgan fingerprint density at radius 1 is 1.12 bits per heavy atom. The number of rotatable bonds is 5. The molecule has 0 saturated carbocycles. The first-order valence-corrected chi connectivity index (χ1v) is 12.1. The van der Waals surface area contributed by atoms with Crippen LogP contribution < -0.4 is 5.32 Å². The summed E-state index contributed by atoms with van der Waals surface area (Å²) in [5.74, 6) is -0.553. The molecule has 0 atom stereocenters. The van der Waals surface area contributed by atoms with Crippen LogP contribution in [0.5, 0.6) is 0 Å². The maximum Gasteiger partial charge on any atom is 0.339 e. The van der Waals surface area contributed by atoms with E-state index in [1.54, 1.807) is 30.7 Å². The minimum absolute atomic E-state index is 0.0179. The zero-order valence-electron chi connectivity index (χ0n) is 18.7. The number of amides is 1. The van der Waals surface area contributed by atoms with E-state index in [4.69, 9.17) is 4.74 Å². The molecule has 10 heteroatoms. The first kappa shape index (κ1) is 22.9. The number of piperidine rings is 1. The van der Waals surface area contributed by atoms with Crippen molar-refractivity contribution >= 4 is 38.4 Å². The van der Waals surface area contributed by atoms with Crippen molar-refractivity contribution in [1.29, 1.82) is 0 Å². The number of imidazole rings is 1. The van der Waals surface area contributed by atoms with Gasteiger partial charge in [-0.1, -0.05) is 24.3 Å². The van der Waals surface area contributed by atoms with Crippen LogP contribution in [0.1, 0.15) is 29.0 Å². The Hall–Kier alpha value is -3.24. The largest absolute Gasteiger partial charge is 0.465 e. The minimum Gasteiger partial charge on any atom is -0.465 e. The molecule has 3 aromatic rings. The van der Waals surface area contributed by atoms with Crippen LogP contribution in [0.4, 0.5) is 5.69 Å². The summed E-state index contributed by atoms with van der Waals surface area (Å²) in [4.78, 5) is 29.4. The molecule has 0 bridgehead atoms. The maximum absolute atomic E-state index is 13.0. The van der Waals surface area contributed by atoms with E-state index >= 15 is 0 Å². The van der Waals surface area contributed by atoms with E-state index < -0.39 is 16.0 Å². The summed E-state index contributed by atoms with van der Waals surface area (Å²) in [6.07, 6.45) is 2.24. The predicted molar refractivity (Wildman–Crippen MR) is 123 cm³/mol. The summed E-state index contributed by atoms with van der Waals surface area (Å²) in [5.41, 5.74) is 0.652. The second-order valence-electron chi connectivity index (χ2n) is 8.14. The quantitative estimate of drug-likeness (QED) is 0.574. The van der Waals surface area contributed by atoms with Crippen LogP contribution in [0.15, 0.2) is 47.6 Å². The molecule has 9 nitrogen and oxygen atoms in total. The highest BCUT2D eigenvalue weighted by Gasteiger charge is 2.34. The van der Waals surface area contributed by atoms with Crippen LogP contribution >= 0.6 is 0 Å². The lowest BCUT2D eigenvalue weighted by molar-refractivity contribution is -0.120. The molecule has 1 aliphatic heterocycles. The van der Waals surface area contributed by atoms with E-state index in [2.05, 4.69) is 10.3 Å². The number of fused-ring (bicyclic) bond motifs is 1. The highest BCUT2D eigenvalue weighted by Crippen LogP contribution is 2.28. The van der Waals surface area contributed by atoms with Crippen molar-refractivity contribution in [3.63, 3.8) is 0 Å². The van der Waals surface area contributed by atoms with Gasteiger partial charge in [0.15, 0.2) is 5.03 Å². The van der Waals surface area contributed by atoms with Gasteiger partial charge < -0.3 is 14.6 Å².